The molecule has 2 rings (SSSR count). The number of urea groups is 1. The van der Waals surface area contributed by atoms with Crippen LogP contribution in [0.2, 0.25) is 0 Å². The molecule has 1 aromatic carbocycles. The third kappa shape index (κ3) is 6.52. The van der Waals surface area contributed by atoms with Crippen LogP contribution >= 0.6 is 0 Å². The lowest BCUT2D eigenvalue weighted by molar-refractivity contribution is -0.120. The van der Waals surface area contributed by atoms with Gasteiger partial charge in [0.25, 0.3) is 0 Å². The summed E-state index contributed by atoms with van der Waals surface area (Å²) in [7, 11) is 1.83. The Bertz CT molecular complexity index is 553. The molecule has 6 heteroatoms. The van der Waals surface area contributed by atoms with Crippen LogP contribution in [-0.4, -0.2) is 43.1 Å². The van der Waals surface area contributed by atoms with Crippen molar-refractivity contribution in [1.82, 2.24) is 15.5 Å². The first-order chi connectivity index (χ1) is 11.1. The van der Waals surface area contributed by atoms with Crippen molar-refractivity contribution >= 4 is 11.9 Å². The zero-order valence-corrected chi connectivity index (χ0v) is 13.4. The van der Waals surface area contributed by atoms with Gasteiger partial charge in [0.15, 0.2) is 0 Å². The number of carbonyl (C=O) groups is 2. The summed E-state index contributed by atoms with van der Waals surface area (Å²) in [6.45, 7) is 4.85. The van der Waals surface area contributed by atoms with Crippen LogP contribution in [0.1, 0.15) is 18.4 Å². The first kappa shape index (κ1) is 17.0. The second-order valence-corrected chi connectivity index (χ2v) is 5.71. The first-order valence-corrected chi connectivity index (χ1v) is 7.68. The maximum atomic E-state index is 11.8. The molecule has 1 aromatic rings. The summed E-state index contributed by atoms with van der Waals surface area (Å²) in [6, 6.07) is 7.50. The zero-order valence-electron chi connectivity index (χ0n) is 13.4. The summed E-state index contributed by atoms with van der Waals surface area (Å²) >= 11 is 0. The Morgan fingerprint density at radius 2 is 2.04 bits per heavy atom. The lowest BCUT2D eigenvalue weighted by atomic mass is 10.2. The Morgan fingerprint density at radius 3 is 2.65 bits per heavy atom. The van der Waals surface area contributed by atoms with E-state index in [1.54, 1.807) is 6.08 Å². The number of nitrogens with zero attached hydrogens (tertiary/aromatic N) is 1. The molecule has 2 N–H and O–H groups in total. The smallest absolute Gasteiger partial charge is 0.321 e. The van der Waals surface area contributed by atoms with Crippen molar-refractivity contribution in [2.24, 2.45) is 0 Å². The Kier molecular flexibility index (Phi) is 6.17. The molecule has 0 aromatic heterocycles. The number of amides is 3. The molecule has 0 spiro atoms. The minimum Gasteiger partial charge on any atom is -0.490 e. The highest BCUT2D eigenvalue weighted by atomic mass is 16.5. The summed E-state index contributed by atoms with van der Waals surface area (Å²) in [4.78, 5) is 25.1. The van der Waals surface area contributed by atoms with Gasteiger partial charge < -0.3 is 10.1 Å². The highest BCUT2D eigenvalue weighted by Crippen LogP contribution is 2.18. The van der Waals surface area contributed by atoms with Crippen LogP contribution in [-0.2, 0) is 11.3 Å². The number of ether oxygens (including phenoxy) is 1. The van der Waals surface area contributed by atoms with Crippen molar-refractivity contribution < 1.29 is 14.3 Å². The van der Waals surface area contributed by atoms with Crippen molar-refractivity contribution in [2.75, 3.05) is 20.2 Å². The second kappa shape index (κ2) is 8.33. The number of hydrogen-bond acceptors (Lipinski definition) is 4. The van der Waals surface area contributed by atoms with E-state index in [-0.39, 0.29) is 18.5 Å². The van der Waals surface area contributed by atoms with Crippen LogP contribution < -0.4 is 15.4 Å². The Balaban J connectivity index is 1.72. The molecule has 0 saturated heterocycles. The van der Waals surface area contributed by atoms with Gasteiger partial charge >= 0.3 is 6.03 Å². The molecule has 0 atom stereocenters. The average Bonchev–Trinajstić information content (AvgIpc) is 3.29. The van der Waals surface area contributed by atoms with Gasteiger partial charge in [-0.3, -0.25) is 15.0 Å². The fourth-order valence-electron chi connectivity index (χ4n) is 2.07. The Labute approximate surface area is 136 Å². The molecular weight excluding hydrogens is 294 g/mol. The maximum absolute atomic E-state index is 11.8. The van der Waals surface area contributed by atoms with Gasteiger partial charge in [-0.15, -0.1) is 0 Å². The van der Waals surface area contributed by atoms with Crippen molar-refractivity contribution in [2.45, 2.75) is 25.4 Å². The summed E-state index contributed by atoms with van der Waals surface area (Å²) < 4.78 is 5.42. The van der Waals surface area contributed by atoms with E-state index in [9.17, 15) is 9.59 Å². The summed E-state index contributed by atoms with van der Waals surface area (Å²) in [5.74, 6) is 0.474. The average molecular weight is 317 g/mol. The van der Waals surface area contributed by atoms with Crippen molar-refractivity contribution in [3.63, 3.8) is 0 Å². The molecule has 1 fully saturated rings. The number of imide groups is 1. The molecule has 1 aliphatic rings. The van der Waals surface area contributed by atoms with Crippen LogP contribution in [0, 0.1) is 0 Å². The number of benzene rings is 1. The van der Waals surface area contributed by atoms with Crippen LogP contribution in [0.15, 0.2) is 36.9 Å². The van der Waals surface area contributed by atoms with Gasteiger partial charge in [0.2, 0.25) is 5.91 Å². The van der Waals surface area contributed by atoms with Crippen LogP contribution in [0.5, 0.6) is 5.75 Å². The molecule has 1 saturated carbocycles. The van der Waals surface area contributed by atoms with Crippen LogP contribution in [0.4, 0.5) is 4.79 Å². The van der Waals surface area contributed by atoms with E-state index in [4.69, 9.17) is 4.74 Å². The van der Waals surface area contributed by atoms with Gasteiger partial charge in [-0.1, -0.05) is 24.8 Å². The third-order valence-electron chi connectivity index (χ3n) is 3.32. The van der Waals surface area contributed by atoms with E-state index >= 15 is 0 Å². The molecule has 124 valence electrons. The van der Waals surface area contributed by atoms with Gasteiger partial charge in [-0.2, -0.15) is 0 Å². The molecule has 1 aliphatic carbocycles. The van der Waals surface area contributed by atoms with E-state index in [2.05, 4.69) is 17.2 Å². The number of nitrogens with one attached hydrogen (secondary N) is 2. The minimum absolute atomic E-state index is 0.160. The SMILES string of the molecule is C=CCOc1ccc(CN(C)CC(=O)NC(=O)NC2CC2)cc1. The number of hydrogen-bond donors (Lipinski definition) is 2. The summed E-state index contributed by atoms with van der Waals surface area (Å²) in [5.41, 5.74) is 1.06. The monoisotopic (exact) mass is 317 g/mol. The van der Waals surface area contributed by atoms with Gasteiger partial charge in [-0.25, -0.2) is 4.79 Å². The molecular formula is C17H23N3O3. The fraction of sp³-hybridized carbons (Fsp3) is 0.412. The highest BCUT2D eigenvalue weighted by molar-refractivity contribution is 5.95. The standard InChI is InChI=1S/C17H23N3O3/c1-3-10-23-15-8-4-13(5-9-15)11-20(2)12-16(21)19-17(22)18-14-6-7-14/h3-5,8-9,14H,1,6-7,10-12H2,2H3,(H2,18,19,21,22). The highest BCUT2D eigenvalue weighted by Gasteiger charge is 2.24. The number of rotatable bonds is 8. The van der Waals surface area contributed by atoms with Gasteiger partial charge in [0.05, 0.1) is 6.54 Å². The third-order valence-corrected chi connectivity index (χ3v) is 3.32. The topological polar surface area (TPSA) is 70.7 Å². The molecule has 0 heterocycles. The molecule has 0 bridgehead atoms. The summed E-state index contributed by atoms with van der Waals surface area (Å²) in [6.07, 6.45) is 3.68. The van der Waals surface area contributed by atoms with Gasteiger partial charge in [0, 0.05) is 12.6 Å². The lowest BCUT2D eigenvalue weighted by Crippen LogP contribution is -2.44. The van der Waals surface area contributed by atoms with Gasteiger partial charge in [-0.05, 0) is 37.6 Å². The molecule has 0 aliphatic heterocycles. The van der Waals surface area contributed by atoms with E-state index in [0.717, 1.165) is 24.2 Å². The Morgan fingerprint density at radius 1 is 1.35 bits per heavy atom. The fourth-order valence-corrected chi connectivity index (χ4v) is 2.07. The Hall–Kier alpha value is -2.34. The largest absolute Gasteiger partial charge is 0.490 e. The van der Waals surface area contributed by atoms with Crippen molar-refractivity contribution in [3.8, 4) is 5.75 Å². The van der Waals surface area contributed by atoms with Crippen LogP contribution in [0.25, 0.3) is 0 Å². The lowest BCUT2D eigenvalue weighted by Gasteiger charge is -2.16. The molecule has 6 nitrogen and oxygen atoms in total. The molecule has 23 heavy (non-hydrogen) atoms. The van der Waals surface area contributed by atoms with Gasteiger partial charge in [0.1, 0.15) is 12.4 Å². The predicted molar refractivity (Wildman–Crippen MR) is 88.2 cm³/mol. The summed E-state index contributed by atoms with van der Waals surface area (Å²) in [5, 5.41) is 5.06. The molecule has 3 amide bonds. The van der Waals surface area contributed by atoms with E-state index in [1.165, 1.54) is 0 Å². The van der Waals surface area contributed by atoms with E-state index in [0.29, 0.717) is 13.2 Å². The number of carbonyl (C=O) groups excluding carboxylic acids is 2. The van der Waals surface area contributed by atoms with Crippen molar-refractivity contribution in [1.29, 1.82) is 0 Å². The predicted octanol–water partition coefficient (Wildman–Crippen LogP) is 1.67. The first-order valence-electron chi connectivity index (χ1n) is 7.68. The number of likely N-dealkylation sites (N-methyl/N-ethyl adjacent to an activating group) is 1. The molecule has 0 radical (unpaired) electrons. The minimum atomic E-state index is -0.408. The van der Waals surface area contributed by atoms with Crippen molar-refractivity contribution in [3.05, 3.63) is 42.5 Å². The second-order valence-electron chi connectivity index (χ2n) is 5.71. The zero-order chi connectivity index (χ0) is 16.7. The van der Waals surface area contributed by atoms with Crippen LogP contribution in [0.3, 0.4) is 0 Å². The molecule has 0 unspecified atom stereocenters. The quantitative estimate of drug-likeness (QED) is 0.716. The normalized spacial score (nSPS) is 13.5. The van der Waals surface area contributed by atoms with E-state index < -0.39 is 6.03 Å². The van der Waals surface area contributed by atoms with E-state index in [1.807, 2.05) is 36.2 Å². The maximum Gasteiger partial charge on any atom is 0.321 e.